The van der Waals surface area contributed by atoms with Crippen LogP contribution in [0.3, 0.4) is 0 Å². The summed E-state index contributed by atoms with van der Waals surface area (Å²) in [5, 5.41) is 13.2. The number of anilines is 1. The first-order valence-corrected chi connectivity index (χ1v) is 11.7. The lowest BCUT2D eigenvalue weighted by Gasteiger charge is -2.16. The second-order valence-corrected chi connectivity index (χ2v) is 8.97. The van der Waals surface area contributed by atoms with Gasteiger partial charge in [0.05, 0.1) is 22.7 Å². The van der Waals surface area contributed by atoms with E-state index in [0.717, 1.165) is 26.7 Å². The highest BCUT2D eigenvalue weighted by atomic mass is 32.2. The molecule has 1 aromatic heterocycles. The molecule has 1 atom stereocenters. The van der Waals surface area contributed by atoms with Gasteiger partial charge in [0.1, 0.15) is 0 Å². The number of benzene rings is 3. The number of aromatic nitrogens is 1. The highest BCUT2D eigenvalue weighted by molar-refractivity contribution is 8.00. The van der Waals surface area contributed by atoms with Gasteiger partial charge >= 0.3 is 5.97 Å². The van der Waals surface area contributed by atoms with E-state index >= 15 is 0 Å². The van der Waals surface area contributed by atoms with Gasteiger partial charge in [-0.05, 0) is 42.8 Å². The minimum absolute atomic E-state index is 0.0333. The average molecular weight is 461 g/mol. The summed E-state index contributed by atoms with van der Waals surface area (Å²) in [5.41, 5.74) is 2.40. The Hall–Kier alpha value is -3.58. The molecule has 168 valence electrons. The third-order valence-electron chi connectivity index (χ3n) is 5.43. The summed E-state index contributed by atoms with van der Waals surface area (Å²) < 4.78 is 1.82. The molecule has 0 saturated heterocycles. The monoisotopic (exact) mass is 460 g/mol. The van der Waals surface area contributed by atoms with Gasteiger partial charge in [-0.15, -0.1) is 11.8 Å². The third-order valence-corrected chi connectivity index (χ3v) is 6.79. The smallest absolute Gasteiger partial charge is 0.303 e. The number of para-hydroxylation sites is 2. The Morgan fingerprint density at radius 2 is 1.45 bits per heavy atom. The van der Waals surface area contributed by atoms with Crippen LogP contribution in [-0.2, 0) is 9.59 Å². The van der Waals surface area contributed by atoms with E-state index in [4.69, 9.17) is 5.11 Å². The maximum Gasteiger partial charge on any atom is 0.303 e. The maximum atomic E-state index is 13.6. The second-order valence-electron chi connectivity index (χ2n) is 7.69. The fourth-order valence-corrected chi connectivity index (χ4v) is 4.83. The Morgan fingerprint density at radius 1 is 0.879 bits per heavy atom. The van der Waals surface area contributed by atoms with Crippen molar-refractivity contribution in [2.45, 2.75) is 36.3 Å². The molecule has 2 N–H and O–H groups in total. The molecule has 0 bridgehead atoms. The van der Waals surface area contributed by atoms with Gasteiger partial charge in [-0.3, -0.25) is 19.0 Å². The molecule has 0 fully saturated rings. The van der Waals surface area contributed by atoms with Crippen molar-refractivity contribution >= 4 is 57.0 Å². The van der Waals surface area contributed by atoms with Crippen molar-refractivity contribution in [3.63, 3.8) is 0 Å². The predicted molar refractivity (Wildman–Crippen MR) is 132 cm³/mol. The van der Waals surface area contributed by atoms with Gasteiger partial charge in [-0.1, -0.05) is 43.3 Å². The molecule has 6 nitrogen and oxygen atoms in total. The van der Waals surface area contributed by atoms with Gasteiger partial charge < -0.3 is 10.4 Å². The standard InChI is InChI=1S/C26H24N2O4S/c1-2-23(33-18-13-11-17(12-14-18)27-24(29)15-16-25(30)31)26(32)28-21-9-5-3-7-19(21)20-8-4-6-10-22(20)28/h3-14,23H,2,15-16H2,1H3,(H,27,29)(H,30,31). The molecule has 0 aliphatic rings. The average Bonchev–Trinajstić information content (AvgIpc) is 3.16. The number of carboxylic acid groups (broad SMARTS) is 1. The number of aliphatic carboxylic acids is 1. The number of hydrogen-bond acceptors (Lipinski definition) is 4. The zero-order chi connectivity index (χ0) is 23.4. The highest BCUT2D eigenvalue weighted by Crippen LogP contribution is 2.33. The van der Waals surface area contributed by atoms with Crippen LogP contribution in [0.2, 0.25) is 0 Å². The number of carbonyl (C=O) groups is 3. The Bertz CT molecular complexity index is 1270. The maximum absolute atomic E-state index is 13.6. The SMILES string of the molecule is CCC(Sc1ccc(NC(=O)CCC(=O)O)cc1)C(=O)n1c2ccccc2c2ccccc21. The Labute approximate surface area is 195 Å². The van der Waals surface area contributed by atoms with Crippen molar-refractivity contribution in [3.05, 3.63) is 72.8 Å². The number of rotatable bonds is 8. The van der Waals surface area contributed by atoms with Gasteiger partial charge in [0.2, 0.25) is 11.8 Å². The van der Waals surface area contributed by atoms with E-state index in [0.29, 0.717) is 12.1 Å². The largest absolute Gasteiger partial charge is 0.481 e. The first-order valence-electron chi connectivity index (χ1n) is 10.8. The van der Waals surface area contributed by atoms with Crippen LogP contribution >= 0.6 is 11.8 Å². The van der Waals surface area contributed by atoms with Crippen LogP contribution in [0.1, 0.15) is 31.0 Å². The van der Waals surface area contributed by atoms with Crippen LogP contribution in [-0.4, -0.2) is 32.7 Å². The summed E-state index contributed by atoms with van der Waals surface area (Å²) >= 11 is 1.49. The quantitative estimate of drug-likeness (QED) is 0.324. The van der Waals surface area contributed by atoms with E-state index in [9.17, 15) is 14.4 Å². The van der Waals surface area contributed by atoms with E-state index in [1.165, 1.54) is 11.8 Å². The van der Waals surface area contributed by atoms with Gasteiger partial charge in [0.25, 0.3) is 0 Å². The summed E-state index contributed by atoms with van der Waals surface area (Å²) in [7, 11) is 0. The molecular formula is C26H24N2O4S. The molecule has 1 heterocycles. The molecule has 0 saturated carbocycles. The van der Waals surface area contributed by atoms with Gasteiger partial charge in [-0.25, -0.2) is 0 Å². The number of hydrogen-bond donors (Lipinski definition) is 2. The minimum atomic E-state index is -1.00. The number of fused-ring (bicyclic) bond motifs is 3. The van der Waals surface area contributed by atoms with Crippen LogP contribution in [0.4, 0.5) is 5.69 Å². The zero-order valence-corrected chi connectivity index (χ0v) is 19.0. The van der Waals surface area contributed by atoms with Crippen molar-refractivity contribution in [1.29, 1.82) is 0 Å². The van der Waals surface area contributed by atoms with Crippen molar-refractivity contribution in [2.24, 2.45) is 0 Å². The molecule has 33 heavy (non-hydrogen) atoms. The number of carboxylic acids is 1. The first-order chi connectivity index (χ1) is 16.0. The number of amides is 1. The topological polar surface area (TPSA) is 88.4 Å². The lowest BCUT2D eigenvalue weighted by Crippen LogP contribution is -2.23. The zero-order valence-electron chi connectivity index (χ0n) is 18.2. The molecule has 0 spiro atoms. The van der Waals surface area contributed by atoms with Crippen LogP contribution in [0.25, 0.3) is 21.8 Å². The molecule has 4 aromatic rings. The van der Waals surface area contributed by atoms with Crippen LogP contribution in [0, 0.1) is 0 Å². The second kappa shape index (κ2) is 9.92. The van der Waals surface area contributed by atoms with E-state index in [1.54, 1.807) is 12.1 Å². The molecule has 0 aliphatic heterocycles. The van der Waals surface area contributed by atoms with E-state index in [-0.39, 0.29) is 29.9 Å². The summed E-state index contributed by atoms with van der Waals surface area (Å²) in [6.07, 6.45) is 0.387. The molecule has 1 unspecified atom stereocenters. The van der Waals surface area contributed by atoms with Crippen molar-refractivity contribution in [1.82, 2.24) is 4.57 Å². The summed E-state index contributed by atoms with van der Waals surface area (Å²) in [6, 6.07) is 23.1. The molecule has 0 aliphatic carbocycles. The normalized spacial score (nSPS) is 12.0. The van der Waals surface area contributed by atoms with E-state index < -0.39 is 5.97 Å². The Kier molecular flexibility index (Phi) is 6.79. The van der Waals surface area contributed by atoms with Gasteiger partial charge in [0, 0.05) is 27.8 Å². The Balaban J connectivity index is 1.53. The first kappa shape index (κ1) is 22.6. The molecule has 7 heteroatoms. The van der Waals surface area contributed by atoms with Crippen molar-refractivity contribution < 1.29 is 19.5 Å². The van der Waals surface area contributed by atoms with Crippen LogP contribution in [0.15, 0.2) is 77.7 Å². The lowest BCUT2D eigenvalue weighted by molar-refractivity contribution is -0.138. The van der Waals surface area contributed by atoms with E-state index in [1.807, 2.05) is 72.2 Å². The van der Waals surface area contributed by atoms with Crippen LogP contribution < -0.4 is 5.32 Å². The lowest BCUT2D eigenvalue weighted by atomic mass is 10.2. The highest BCUT2D eigenvalue weighted by Gasteiger charge is 2.23. The molecular weight excluding hydrogens is 436 g/mol. The van der Waals surface area contributed by atoms with Gasteiger partial charge in [0.15, 0.2) is 0 Å². The third kappa shape index (κ3) is 4.93. The minimum Gasteiger partial charge on any atom is -0.481 e. The Morgan fingerprint density at radius 3 is 2.00 bits per heavy atom. The molecule has 0 radical (unpaired) electrons. The van der Waals surface area contributed by atoms with Crippen molar-refractivity contribution in [3.8, 4) is 0 Å². The summed E-state index contributed by atoms with van der Waals surface area (Å²) in [6.45, 7) is 2.00. The summed E-state index contributed by atoms with van der Waals surface area (Å²) in [5.74, 6) is -1.31. The molecule has 3 aromatic carbocycles. The number of thioether (sulfide) groups is 1. The number of nitrogens with one attached hydrogen (secondary N) is 1. The van der Waals surface area contributed by atoms with Gasteiger partial charge in [-0.2, -0.15) is 0 Å². The summed E-state index contributed by atoms with van der Waals surface area (Å²) in [4.78, 5) is 37.0. The van der Waals surface area contributed by atoms with E-state index in [2.05, 4.69) is 5.32 Å². The molecule has 4 rings (SSSR count). The fourth-order valence-electron chi connectivity index (χ4n) is 3.84. The van der Waals surface area contributed by atoms with Crippen LogP contribution in [0.5, 0.6) is 0 Å². The fraction of sp³-hybridized carbons (Fsp3) is 0.192. The molecule has 1 amide bonds. The predicted octanol–water partition coefficient (Wildman–Crippen LogP) is 5.81. The number of nitrogens with zero attached hydrogens (tertiary/aromatic N) is 1. The van der Waals surface area contributed by atoms with Crippen molar-refractivity contribution in [2.75, 3.05) is 5.32 Å². The number of carbonyl (C=O) groups excluding carboxylic acids is 2.